The van der Waals surface area contributed by atoms with E-state index in [1.54, 1.807) is 6.92 Å². The first kappa shape index (κ1) is 22.1. The number of carbonyl (C=O) groups excluding carboxylic acids is 1. The summed E-state index contributed by atoms with van der Waals surface area (Å²) in [6.45, 7) is 9.32. The molecule has 4 aliphatic rings. The van der Waals surface area contributed by atoms with E-state index in [-0.39, 0.29) is 17.4 Å². The first-order valence-corrected chi connectivity index (χ1v) is 13.0. The summed E-state index contributed by atoms with van der Waals surface area (Å²) in [7, 11) is 0. The highest BCUT2D eigenvalue weighted by Gasteiger charge is 2.63. The van der Waals surface area contributed by atoms with Crippen LogP contribution in [-0.2, 0) is 4.79 Å². The molecule has 0 amide bonds. The van der Waals surface area contributed by atoms with Gasteiger partial charge in [-0.15, -0.1) is 11.6 Å². The monoisotopic (exact) mass is 422 g/mol. The SMILES string of the molecule is CC(=O)C1C[C@@H](O)C[C@H]2CC[C@H]3[C@@H]4CC[C@H]([C@H](C)CCCCl)[C@@]4(C)CC[C@@H]3[C@@]12C. The minimum absolute atomic E-state index is 0.0632. The smallest absolute Gasteiger partial charge is 0.133 e. The summed E-state index contributed by atoms with van der Waals surface area (Å²) in [6.07, 6.45) is 11.7. The Labute approximate surface area is 183 Å². The van der Waals surface area contributed by atoms with Gasteiger partial charge in [-0.2, -0.15) is 0 Å². The molecular formula is C26H43ClO2. The number of Topliss-reactive ketones (excluding diaryl/α,β-unsaturated/α-hetero) is 1. The first-order valence-electron chi connectivity index (χ1n) is 12.5. The summed E-state index contributed by atoms with van der Waals surface area (Å²) in [6, 6.07) is 0. The fraction of sp³-hybridized carbons (Fsp3) is 0.962. The molecule has 0 saturated heterocycles. The number of hydrogen-bond acceptors (Lipinski definition) is 2. The van der Waals surface area contributed by atoms with E-state index in [1.807, 2.05) is 0 Å². The van der Waals surface area contributed by atoms with Gasteiger partial charge in [-0.25, -0.2) is 0 Å². The van der Waals surface area contributed by atoms with Crippen LogP contribution in [0.1, 0.15) is 91.9 Å². The molecule has 0 radical (unpaired) electrons. The highest BCUT2D eigenvalue weighted by Crippen LogP contribution is 2.69. The summed E-state index contributed by atoms with van der Waals surface area (Å²) in [5.74, 6) is 5.64. The van der Waals surface area contributed by atoms with Gasteiger partial charge in [-0.1, -0.05) is 20.8 Å². The van der Waals surface area contributed by atoms with E-state index in [4.69, 9.17) is 11.6 Å². The Kier molecular flexibility index (Phi) is 6.19. The zero-order valence-corrected chi connectivity index (χ0v) is 19.9. The normalized spacial score (nSPS) is 50.3. The first-order chi connectivity index (χ1) is 13.7. The summed E-state index contributed by atoms with van der Waals surface area (Å²) >= 11 is 6.00. The molecular weight excluding hydrogens is 380 g/mol. The maximum absolute atomic E-state index is 12.7. The molecule has 0 spiro atoms. The fourth-order valence-corrected chi connectivity index (χ4v) is 9.67. The van der Waals surface area contributed by atoms with Crippen molar-refractivity contribution in [2.75, 3.05) is 5.88 Å². The zero-order valence-electron chi connectivity index (χ0n) is 19.1. The third-order valence-corrected chi connectivity index (χ3v) is 11.1. The summed E-state index contributed by atoms with van der Waals surface area (Å²) < 4.78 is 0. The van der Waals surface area contributed by atoms with Crippen LogP contribution in [0.4, 0.5) is 0 Å². The van der Waals surface area contributed by atoms with Crippen molar-refractivity contribution >= 4 is 17.4 Å². The van der Waals surface area contributed by atoms with Crippen molar-refractivity contribution in [3.63, 3.8) is 0 Å². The van der Waals surface area contributed by atoms with E-state index < -0.39 is 0 Å². The second kappa shape index (κ2) is 8.12. The molecule has 4 fully saturated rings. The number of fused-ring (bicyclic) bond motifs is 5. The number of aliphatic hydroxyl groups is 1. The third-order valence-electron chi connectivity index (χ3n) is 10.8. The van der Waals surface area contributed by atoms with E-state index in [2.05, 4.69) is 20.8 Å². The van der Waals surface area contributed by atoms with Crippen molar-refractivity contribution in [3.8, 4) is 0 Å². The predicted molar refractivity (Wildman–Crippen MR) is 120 cm³/mol. The molecule has 0 aromatic rings. The summed E-state index contributed by atoms with van der Waals surface area (Å²) in [5.41, 5.74) is 0.591. The molecule has 0 aliphatic heterocycles. The number of hydrogen-bond donors (Lipinski definition) is 1. The van der Waals surface area contributed by atoms with E-state index >= 15 is 0 Å². The molecule has 1 unspecified atom stereocenters. The molecule has 2 nitrogen and oxygen atoms in total. The minimum atomic E-state index is -0.272. The predicted octanol–water partition coefficient (Wildman–Crippen LogP) is 6.48. The lowest BCUT2D eigenvalue weighted by Gasteiger charge is -2.63. The van der Waals surface area contributed by atoms with Crippen molar-refractivity contribution < 1.29 is 9.90 Å². The van der Waals surface area contributed by atoms with Crippen LogP contribution in [0.25, 0.3) is 0 Å². The van der Waals surface area contributed by atoms with Crippen LogP contribution in [0.3, 0.4) is 0 Å². The fourth-order valence-electron chi connectivity index (χ4n) is 9.51. The highest BCUT2D eigenvalue weighted by molar-refractivity contribution is 6.17. The zero-order chi connectivity index (χ0) is 21.0. The minimum Gasteiger partial charge on any atom is -0.393 e. The summed E-state index contributed by atoms with van der Waals surface area (Å²) in [5, 5.41) is 10.5. The highest BCUT2D eigenvalue weighted by atomic mass is 35.5. The van der Waals surface area contributed by atoms with Crippen LogP contribution in [0.15, 0.2) is 0 Å². The lowest BCUT2D eigenvalue weighted by Crippen LogP contribution is -2.58. The van der Waals surface area contributed by atoms with Crippen LogP contribution >= 0.6 is 11.6 Å². The Morgan fingerprint density at radius 1 is 1.10 bits per heavy atom. The van der Waals surface area contributed by atoms with Gasteiger partial charge in [0.05, 0.1) is 6.10 Å². The Hall–Kier alpha value is -0.0800. The van der Waals surface area contributed by atoms with Gasteiger partial charge in [0.25, 0.3) is 0 Å². The number of carbonyl (C=O) groups is 1. The van der Waals surface area contributed by atoms with E-state index in [0.717, 1.165) is 42.4 Å². The van der Waals surface area contributed by atoms with Gasteiger partial charge in [0, 0.05) is 11.8 Å². The summed E-state index contributed by atoms with van der Waals surface area (Å²) in [4.78, 5) is 12.7. The van der Waals surface area contributed by atoms with Crippen molar-refractivity contribution in [1.29, 1.82) is 0 Å². The average Bonchev–Trinajstić information content (AvgIpc) is 3.03. The topological polar surface area (TPSA) is 37.3 Å². The molecule has 4 rings (SSSR count). The average molecular weight is 423 g/mol. The van der Waals surface area contributed by atoms with E-state index in [0.29, 0.717) is 29.5 Å². The third kappa shape index (κ3) is 3.43. The molecule has 0 aromatic heterocycles. The largest absolute Gasteiger partial charge is 0.393 e. The molecule has 0 aromatic carbocycles. The van der Waals surface area contributed by atoms with E-state index in [1.165, 1.54) is 44.9 Å². The molecule has 29 heavy (non-hydrogen) atoms. The number of alkyl halides is 1. The Morgan fingerprint density at radius 3 is 2.55 bits per heavy atom. The number of aliphatic hydroxyl groups excluding tert-OH is 1. The van der Waals surface area contributed by atoms with Gasteiger partial charge in [-0.05, 0) is 117 Å². The van der Waals surface area contributed by atoms with Gasteiger partial charge in [0.1, 0.15) is 5.78 Å². The van der Waals surface area contributed by atoms with Gasteiger partial charge in [-0.3, -0.25) is 4.79 Å². The Bertz CT molecular complexity index is 620. The number of rotatable bonds is 5. The second-order valence-electron chi connectivity index (χ2n) is 11.8. The molecule has 166 valence electrons. The maximum Gasteiger partial charge on any atom is 0.133 e. The van der Waals surface area contributed by atoms with Gasteiger partial charge in [0.2, 0.25) is 0 Å². The molecule has 10 atom stereocenters. The van der Waals surface area contributed by atoms with Crippen LogP contribution in [-0.4, -0.2) is 22.9 Å². The van der Waals surface area contributed by atoms with Crippen LogP contribution < -0.4 is 0 Å². The van der Waals surface area contributed by atoms with E-state index in [9.17, 15) is 9.90 Å². The lowest BCUT2D eigenvalue weighted by atomic mass is 9.42. The Balaban J connectivity index is 1.59. The maximum atomic E-state index is 12.7. The van der Waals surface area contributed by atoms with Gasteiger partial charge in [0.15, 0.2) is 0 Å². The van der Waals surface area contributed by atoms with Crippen molar-refractivity contribution in [2.24, 2.45) is 52.3 Å². The van der Waals surface area contributed by atoms with Crippen molar-refractivity contribution in [2.45, 2.75) is 98.0 Å². The second-order valence-corrected chi connectivity index (χ2v) is 12.2. The number of halogens is 1. The quantitative estimate of drug-likeness (QED) is 0.515. The van der Waals surface area contributed by atoms with Crippen molar-refractivity contribution in [3.05, 3.63) is 0 Å². The molecule has 0 heterocycles. The van der Waals surface area contributed by atoms with Crippen LogP contribution in [0.2, 0.25) is 0 Å². The van der Waals surface area contributed by atoms with Gasteiger partial charge < -0.3 is 5.11 Å². The number of ketones is 1. The molecule has 4 saturated carbocycles. The Morgan fingerprint density at radius 2 is 1.86 bits per heavy atom. The molecule has 3 heteroatoms. The molecule has 4 aliphatic carbocycles. The van der Waals surface area contributed by atoms with Crippen molar-refractivity contribution in [1.82, 2.24) is 0 Å². The van der Waals surface area contributed by atoms with Gasteiger partial charge >= 0.3 is 0 Å². The van der Waals surface area contributed by atoms with Crippen LogP contribution in [0, 0.1) is 52.3 Å². The standard InChI is InChI=1S/C26H43ClO2/c1-16(6-5-13-27)21-9-10-22-20-8-7-18-14-19(29)15-24(17(2)28)26(18,4)23(20)11-12-25(21,22)3/h16,18-24,29H,5-15H2,1-4H3/t16-,18-,19+,20+,21-,22+,23+,24?,25-,26+/m1/s1. The molecule has 0 bridgehead atoms. The lowest BCUT2D eigenvalue weighted by molar-refractivity contribution is -0.167. The molecule has 1 N–H and O–H groups in total. The van der Waals surface area contributed by atoms with Crippen LogP contribution in [0.5, 0.6) is 0 Å².